The van der Waals surface area contributed by atoms with Crippen LogP contribution in [0.4, 0.5) is 10.2 Å². The second-order valence-electron chi connectivity index (χ2n) is 6.38. The molecule has 0 saturated carbocycles. The number of fused-ring (bicyclic) bond motifs is 1. The van der Waals surface area contributed by atoms with Gasteiger partial charge in [0.05, 0.1) is 6.10 Å². The predicted molar refractivity (Wildman–Crippen MR) is 88.8 cm³/mol. The summed E-state index contributed by atoms with van der Waals surface area (Å²) < 4.78 is 37.7. The molecule has 0 amide bonds. The Kier molecular flexibility index (Phi) is 4.56. The Morgan fingerprint density at radius 3 is 2.92 bits per heavy atom. The molecule has 0 aromatic carbocycles. The molecule has 2 aliphatic heterocycles. The normalized spacial score (nSPS) is 41.0. The number of hydrogen-bond donors (Lipinski definition) is 2. The van der Waals surface area contributed by atoms with E-state index in [9.17, 15) is 9.90 Å². The minimum Gasteiger partial charge on any atom is -0.383 e. The Hall–Kier alpha value is -0.940. The molecule has 0 aliphatic carbocycles. The molecule has 3 rings (SSSR count). The summed E-state index contributed by atoms with van der Waals surface area (Å²) in [5.74, 6) is -2.51. The summed E-state index contributed by atoms with van der Waals surface area (Å²) in [7, 11) is 0. The van der Waals surface area contributed by atoms with Crippen LogP contribution in [-0.2, 0) is 30.1 Å². The van der Waals surface area contributed by atoms with Gasteiger partial charge in [-0.15, -0.1) is 0 Å². The summed E-state index contributed by atoms with van der Waals surface area (Å²) in [4.78, 5) is 15.6. The van der Waals surface area contributed by atoms with Crippen molar-refractivity contribution in [1.82, 2.24) is 9.55 Å². The molecule has 3 N–H and O–H groups in total. The number of ether oxygens (including phenoxy) is 1. The molecule has 9 nitrogen and oxygen atoms in total. The average Bonchev–Trinajstić information content (AvgIpc) is 2.67. The van der Waals surface area contributed by atoms with Crippen LogP contribution in [0.15, 0.2) is 17.1 Å². The first-order chi connectivity index (χ1) is 11.5. The first-order valence-corrected chi connectivity index (χ1v) is 10.1. The molecule has 0 radical (unpaired) electrons. The molecule has 12 heteroatoms. The Balaban J connectivity index is 1.97. The minimum atomic E-state index is -3.27. The largest absolute Gasteiger partial charge is 0.383 e. The number of alkyl halides is 1. The van der Waals surface area contributed by atoms with Gasteiger partial charge in [0, 0.05) is 6.20 Å². The van der Waals surface area contributed by atoms with E-state index in [-0.39, 0.29) is 11.9 Å². The lowest BCUT2D eigenvalue weighted by atomic mass is 9.95. The van der Waals surface area contributed by atoms with Crippen molar-refractivity contribution in [2.45, 2.75) is 50.7 Å². The highest BCUT2D eigenvalue weighted by molar-refractivity contribution is 8.07. The van der Waals surface area contributed by atoms with Gasteiger partial charge in [0.25, 0.3) is 5.85 Å². The van der Waals surface area contributed by atoms with Crippen LogP contribution < -0.4 is 11.4 Å². The van der Waals surface area contributed by atoms with Gasteiger partial charge in [-0.2, -0.15) is 4.98 Å². The molecule has 5 atom stereocenters. The van der Waals surface area contributed by atoms with Crippen molar-refractivity contribution in [2.75, 3.05) is 12.3 Å². The van der Waals surface area contributed by atoms with Gasteiger partial charge in [-0.05, 0) is 38.6 Å². The molecule has 3 heterocycles. The summed E-state index contributed by atoms with van der Waals surface area (Å²) in [6, 6.07) is 1.33. The zero-order valence-corrected chi connectivity index (χ0v) is 15.5. The Bertz CT molecular complexity index is 789. The fourth-order valence-electron chi connectivity index (χ4n) is 2.81. The summed E-state index contributed by atoms with van der Waals surface area (Å²) in [6.07, 6.45) is -1.98. The standard InChI is InChI=1S/C13H19FN3O6PS/c1-7(2)22-24(25)20-6-13(14)9(23-24)12(3,19)10(21-13)17-5-4-8(15)16-11(17)18/h4-5,7,9-10,19H,6H2,1-3H3,(H2,15,16,18)/t9-,10+,12+,13+,24?/m0/s1. The monoisotopic (exact) mass is 395 g/mol. The van der Waals surface area contributed by atoms with Crippen LogP contribution in [0, 0.1) is 0 Å². The molecular weight excluding hydrogens is 376 g/mol. The van der Waals surface area contributed by atoms with Crippen LogP contribution in [0.1, 0.15) is 27.0 Å². The van der Waals surface area contributed by atoms with Crippen molar-refractivity contribution in [1.29, 1.82) is 0 Å². The van der Waals surface area contributed by atoms with Crippen LogP contribution in [-0.4, -0.2) is 44.9 Å². The highest BCUT2D eigenvalue weighted by Gasteiger charge is 2.68. The molecule has 2 aliphatic rings. The molecule has 0 spiro atoms. The molecular formula is C13H19FN3O6PS. The van der Waals surface area contributed by atoms with Gasteiger partial charge in [0.1, 0.15) is 18.0 Å². The lowest BCUT2D eigenvalue weighted by molar-refractivity contribution is -0.217. The molecule has 2 saturated heterocycles. The second kappa shape index (κ2) is 6.05. The van der Waals surface area contributed by atoms with Crippen molar-refractivity contribution < 1.29 is 27.8 Å². The summed E-state index contributed by atoms with van der Waals surface area (Å²) in [6.45, 7) is 0.875. The minimum absolute atomic E-state index is 0.00770. The van der Waals surface area contributed by atoms with E-state index >= 15 is 4.39 Å². The van der Waals surface area contributed by atoms with Gasteiger partial charge in [-0.3, -0.25) is 9.09 Å². The van der Waals surface area contributed by atoms with Crippen molar-refractivity contribution >= 4 is 24.3 Å². The molecule has 0 bridgehead atoms. The number of anilines is 1. The van der Waals surface area contributed by atoms with E-state index in [1.165, 1.54) is 19.2 Å². The third kappa shape index (κ3) is 3.25. The van der Waals surface area contributed by atoms with Crippen LogP contribution >= 0.6 is 6.72 Å². The summed E-state index contributed by atoms with van der Waals surface area (Å²) in [5.41, 5.74) is 2.71. The number of nitrogen functional groups attached to an aromatic ring is 1. The number of hydrogen-bond acceptors (Lipinski definition) is 9. The summed E-state index contributed by atoms with van der Waals surface area (Å²) >= 11 is 5.22. The predicted octanol–water partition coefficient (Wildman–Crippen LogP) is 0.836. The van der Waals surface area contributed by atoms with E-state index < -0.39 is 42.8 Å². The first-order valence-electron chi connectivity index (χ1n) is 7.52. The fourth-order valence-corrected chi connectivity index (χ4v) is 5.39. The van der Waals surface area contributed by atoms with Crippen LogP contribution in [0.25, 0.3) is 0 Å². The van der Waals surface area contributed by atoms with Gasteiger partial charge < -0.3 is 24.6 Å². The zero-order valence-electron chi connectivity index (χ0n) is 13.8. The smallest absolute Gasteiger partial charge is 0.351 e. The van der Waals surface area contributed by atoms with Crippen LogP contribution in [0.2, 0.25) is 0 Å². The fraction of sp³-hybridized carbons (Fsp3) is 0.692. The van der Waals surface area contributed by atoms with Gasteiger partial charge in [0.15, 0.2) is 12.3 Å². The van der Waals surface area contributed by atoms with Gasteiger partial charge >= 0.3 is 12.4 Å². The highest BCUT2D eigenvalue weighted by atomic mass is 32.5. The quantitative estimate of drug-likeness (QED) is 0.718. The molecule has 1 aromatic rings. The van der Waals surface area contributed by atoms with E-state index in [0.29, 0.717) is 0 Å². The molecule has 140 valence electrons. The summed E-state index contributed by atoms with van der Waals surface area (Å²) in [5, 5.41) is 10.9. The number of aliphatic hydroxyl groups is 1. The van der Waals surface area contributed by atoms with E-state index in [4.69, 9.17) is 35.8 Å². The van der Waals surface area contributed by atoms with Crippen molar-refractivity contribution in [3.8, 4) is 0 Å². The van der Waals surface area contributed by atoms with E-state index in [1.54, 1.807) is 13.8 Å². The third-order valence-electron chi connectivity index (χ3n) is 3.83. The SMILES string of the molecule is CC(C)OP1(=S)OC[C@@]2(F)O[C@@H](n3ccc(N)nc3=O)[C@](C)(O)[C@@H]2O1. The van der Waals surface area contributed by atoms with Crippen molar-refractivity contribution in [3.05, 3.63) is 22.7 Å². The van der Waals surface area contributed by atoms with E-state index in [2.05, 4.69) is 4.98 Å². The van der Waals surface area contributed by atoms with Crippen molar-refractivity contribution in [2.24, 2.45) is 0 Å². The molecule has 1 aromatic heterocycles. The Morgan fingerprint density at radius 1 is 1.64 bits per heavy atom. The number of halogens is 1. The maximum atomic E-state index is 15.2. The topological polar surface area (TPSA) is 118 Å². The van der Waals surface area contributed by atoms with E-state index in [1.807, 2.05) is 0 Å². The maximum Gasteiger partial charge on any atom is 0.351 e. The van der Waals surface area contributed by atoms with Gasteiger partial charge in [-0.1, -0.05) is 0 Å². The number of rotatable bonds is 3. The maximum absolute atomic E-state index is 15.2. The highest BCUT2D eigenvalue weighted by Crippen LogP contribution is 2.62. The lowest BCUT2D eigenvalue weighted by Crippen LogP contribution is -2.53. The van der Waals surface area contributed by atoms with Crippen LogP contribution in [0.3, 0.4) is 0 Å². The zero-order chi connectivity index (χ0) is 18.6. The van der Waals surface area contributed by atoms with Crippen molar-refractivity contribution in [3.63, 3.8) is 0 Å². The van der Waals surface area contributed by atoms with Crippen LogP contribution in [0.5, 0.6) is 0 Å². The van der Waals surface area contributed by atoms with Gasteiger partial charge in [-0.25, -0.2) is 9.18 Å². The average molecular weight is 395 g/mol. The molecule has 25 heavy (non-hydrogen) atoms. The number of nitrogens with two attached hydrogens (primary N) is 1. The second-order valence-corrected chi connectivity index (χ2v) is 9.30. The molecule has 1 unspecified atom stereocenters. The van der Waals surface area contributed by atoms with E-state index in [0.717, 1.165) is 4.57 Å². The number of aromatic nitrogens is 2. The molecule has 2 fully saturated rings. The number of nitrogens with zero attached hydrogens (tertiary/aromatic N) is 2. The Labute approximate surface area is 148 Å². The van der Waals surface area contributed by atoms with Gasteiger partial charge in [0.2, 0.25) is 0 Å². The Morgan fingerprint density at radius 2 is 2.32 bits per heavy atom. The first kappa shape index (κ1) is 18.8. The lowest BCUT2D eigenvalue weighted by Gasteiger charge is -2.39. The third-order valence-corrected chi connectivity index (χ3v) is 6.25.